The molecule has 3 atom stereocenters. The van der Waals surface area contributed by atoms with E-state index in [9.17, 15) is 14.7 Å². The molecule has 1 unspecified atom stereocenters. The molecule has 34 heavy (non-hydrogen) atoms. The summed E-state index contributed by atoms with van der Waals surface area (Å²) in [6, 6.07) is 9.80. The van der Waals surface area contributed by atoms with Crippen LogP contribution in [-0.2, 0) is 11.2 Å². The Bertz CT molecular complexity index is 1090. The molecule has 0 radical (unpaired) electrons. The smallest absolute Gasteiger partial charge is 0.309 e. The normalized spacial score (nSPS) is 26.9. The lowest BCUT2D eigenvalue weighted by molar-refractivity contribution is -0.146. The molecular weight excluding hydrogens is 426 g/mol. The van der Waals surface area contributed by atoms with Crippen molar-refractivity contribution in [1.82, 2.24) is 14.5 Å². The van der Waals surface area contributed by atoms with E-state index in [1.165, 1.54) is 57.8 Å². The Morgan fingerprint density at radius 2 is 1.56 bits per heavy atom. The molecule has 1 N–H and O–H groups in total. The topological polar surface area (TPSA) is 75.4 Å². The molecule has 1 aromatic heterocycles. The molecule has 3 fully saturated rings. The Labute approximate surface area is 202 Å². The molecule has 0 amide bonds. The zero-order valence-electron chi connectivity index (χ0n) is 20.7. The van der Waals surface area contributed by atoms with Crippen LogP contribution >= 0.6 is 0 Å². The summed E-state index contributed by atoms with van der Waals surface area (Å²) in [5.74, 6) is -0.904. The van der Waals surface area contributed by atoms with Gasteiger partial charge in [-0.3, -0.25) is 14.5 Å². The van der Waals surface area contributed by atoms with Gasteiger partial charge in [-0.1, -0.05) is 44.2 Å². The van der Waals surface area contributed by atoms with Crippen molar-refractivity contribution < 1.29 is 9.90 Å². The molecule has 1 aromatic carbocycles. The second kappa shape index (κ2) is 9.44. The quantitative estimate of drug-likeness (QED) is 0.646. The van der Waals surface area contributed by atoms with Crippen molar-refractivity contribution in [1.29, 1.82) is 0 Å². The van der Waals surface area contributed by atoms with E-state index in [2.05, 4.69) is 9.88 Å². The van der Waals surface area contributed by atoms with Gasteiger partial charge in [-0.05, 0) is 64.5 Å². The van der Waals surface area contributed by atoms with Gasteiger partial charge >= 0.3 is 5.97 Å². The van der Waals surface area contributed by atoms with Crippen LogP contribution in [0.2, 0.25) is 0 Å². The van der Waals surface area contributed by atoms with E-state index in [4.69, 9.17) is 0 Å². The molecular formula is C28H39N3O3. The van der Waals surface area contributed by atoms with Gasteiger partial charge in [-0.2, -0.15) is 0 Å². The highest BCUT2D eigenvalue weighted by Gasteiger charge is 2.44. The average molecular weight is 466 g/mol. The highest BCUT2D eigenvalue weighted by molar-refractivity contribution is 5.76. The number of nitrogens with zero attached hydrogens (tertiary/aromatic N) is 3. The SMILES string of the molecule is CC(C)(Cc1nc2ccccc2n(C2C[C@H]3CC[C@@H](C2)N3C2CCCCCCC2)c1=O)C(=O)O. The zero-order valence-corrected chi connectivity index (χ0v) is 20.7. The van der Waals surface area contributed by atoms with Crippen molar-refractivity contribution in [2.75, 3.05) is 0 Å². The zero-order chi connectivity index (χ0) is 23.9. The Balaban J connectivity index is 1.47. The molecule has 2 saturated heterocycles. The van der Waals surface area contributed by atoms with E-state index < -0.39 is 11.4 Å². The summed E-state index contributed by atoms with van der Waals surface area (Å²) in [7, 11) is 0. The number of piperidine rings is 1. The van der Waals surface area contributed by atoms with Gasteiger partial charge in [0, 0.05) is 30.6 Å². The molecule has 6 heteroatoms. The Morgan fingerprint density at radius 3 is 2.21 bits per heavy atom. The van der Waals surface area contributed by atoms with E-state index in [0.29, 0.717) is 23.8 Å². The lowest BCUT2D eigenvalue weighted by atomic mass is 9.87. The van der Waals surface area contributed by atoms with Crippen LogP contribution in [0.15, 0.2) is 29.1 Å². The first-order valence-electron chi connectivity index (χ1n) is 13.4. The molecule has 3 aliphatic rings. The van der Waals surface area contributed by atoms with Crippen LogP contribution in [0.3, 0.4) is 0 Å². The number of para-hydroxylation sites is 2. The Hall–Kier alpha value is -2.21. The maximum Gasteiger partial charge on any atom is 0.309 e. The van der Waals surface area contributed by atoms with E-state index in [1.807, 2.05) is 28.8 Å². The fourth-order valence-corrected chi connectivity index (χ4v) is 6.90. The number of benzene rings is 1. The van der Waals surface area contributed by atoms with Crippen LogP contribution in [0.1, 0.15) is 96.2 Å². The minimum atomic E-state index is -1.03. The van der Waals surface area contributed by atoms with Crippen LogP contribution in [0.5, 0.6) is 0 Å². The number of carbonyl (C=O) groups is 1. The first-order chi connectivity index (χ1) is 16.3. The first kappa shape index (κ1) is 23.5. The van der Waals surface area contributed by atoms with Crippen molar-refractivity contribution in [2.45, 2.75) is 115 Å². The van der Waals surface area contributed by atoms with Crippen molar-refractivity contribution >= 4 is 17.0 Å². The standard InChI is InChI=1S/C28H39N3O3/c1-28(2,27(33)34)18-24-26(32)31(25-13-9-8-12-23(25)29-24)22-16-20-14-15-21(17-22)30(20)19-10-6-4-3-5-7-11-19/h8-9,12-13,19-22H,3-7,10-11,14-18H2,1-2H3,(H,33,34)/t20-,21+,22?. The van der Waals surface area contributed by atoms with E-state index in [0.717, 1.165) is 23.9 Å². The van der Waals surface area contributed by atoms with Gasteiger partial charge in [0.25, 0.3) is 5.56 Å². The Kier molecular flexibility index (Phi) is 6.54. The molecule has 3 heterocycles. The van der Waals surface area contributed by atoms with Gasteiger partial charge in [-0.25, -0.2) is 4.98 Å². The summed E-state index contributed by atoms with van der Waals surface area (Å²) < 4.78 is 1.98. The fraction of sp³-hybridized carbons (Fsp3) is 0.679. The highest BCUT2D eigenvalue weighted by atomic mass is 16.4. The average Bonchev–Trinajstić information content (AvgIpc) is 3.03. The molecule has 184 valence electrons. The summed E-state index contributed by atoms with van der Waals surface area (Å²) >= 11 is 0. The number of aliphatic carboxylic acids is 1. The van der Waals surface area contributed by atoms with Gasteiger partial charge in [0.2, 0.25) is 0 Å². The van der Waals surface area contributed by atoms with Crippen LogP contribution < -0.4 is 5.56 Å². The summed E-state index contributed by atoms with van der Waals surface area (Å²) in [5, 5.41) is 9.65. The number of hydrogen-bond acceptors (Lipinski definition) is 4. The number of rotatable bonds is 5. The van der Waals surface area contributed by atoms with Crippen LogP contribution in [0, 0.1) is 5.41 Å². The first-order valence-corrected chi connectivity index (χ1v) is 13.4. The number of carboxylic acid groups (broad SMARTS) is 1. The summed E-state index contributed by atoms with van der Waals surface area (Å²) in [4.78, 5) is 33.1. The largest absolute Gasteiger partial charge is 0.481 e. The van der Waals surface area contributed by atoms with Crippen molar-refractivity contribution in [3.05, 3.63) is 40.3 Å². The van der Waals surface area contributed by atoms with Crippen LogP contribution in [0.4, 0.5) is 0 Å². The molecule has 5 rings (SSSR count). The number of aromatic nitrogens is 2. The summed E-state index contributed by atoms with van der Waals surface area (Å²) in [6.45, 7) is 3.34. The van der Waals surface area contributed by atoms with E-state index in [1.54, 1.807) is 13.8 Å². The minimum absolute atomic E-state index is 0.100. The third-order valence-electron chi connectivity index (χ3n) is 8.68. The number of fused-ring (bicyclic) bond motifs is 3. The van der Waals surface area contributed by atoms with Crippen molar-refractivity contribution in [3.63, 3.8) is 0 Å². The predicted octanol–water partition coefficient (Wildman–Crippen LogP) is 5.33. The summed E-state index contributed by atoms with van der Waals surface area (Å²) in [5.41, 5.74) is 0.909. The minimum Gasteiger partial charge on any atom is -0.481 e. The second-order valence-electron chi connectivity index (χ2n) is 11.5. The lowest BCUT2D eigenvalue weighted by Crippen LogP contribution is -2.50. The number of carboxylic acids is 1. The Morgan fingerprint density at radius 1 is 0.941 bits per heavy atom. The highest BCUT2D eigenvalue weighted by Crippen LogP contribution is 2.44. The van der Waals surface area contributed by atoms with Crippen molar-refractivity contribution in [2.24, 2.45) is 5.41 Å². The van der Waals surface area contributed by atoms with Gasteiger partial charge in [0.15, 0.2) is 0 Å². The van der Waals surface area contributed by atoms with Gasteiger partial charge in [0.05, 0.1) is 16.4 Å². The van der Waals surface area contributed by atoms with Crippen molar-refractivity contribution in [3.8, 4) is 0 Å². The van der Waals surface area contributed by atoms with Gasteiger partial charge in [0.1, 0.15) is 5.69 Å². The van der Waals surface area contributed by atoms with Crippen LogP contribution in [0.25, 0.3) is 11.0 Å². The lowest BCUT2D eigenvalue weighted by Gasteiger charge is -2.45. The molecule has 0 spiro atoms. The third-order valence-corrected chi connectivity index (χ3v) is 8.68. The molecule has 2 aromatic rings. The number of hydrogen-bond donors (Lipinski definition) is 1. The monoisotopic (exact) mass is 465 g/mol. The predicted molar refractivity (Wildman–Crippen MR) is 134 cm³/mol. The van der Waals surface area contributed by atoms with E-state index in [-0.39, 0.29) is 18.0 Å². The van der Waals surface area contributed by atoms with E-state index >= 15 is 0 Å². The molecule has 2 aliphatic heterocycles. The molecule has 1 saturated carbocycles. The second-order valence-corrected chi connectivity index (χ2v) is 11.5. The summed E-state index contributed by atoms with van der Waals surface area (Å²) in [6.07, 6.45) is 14.1. The van der Waals surface area contributed by atoms with Gasteiger partial charge < -0.3 is 9.67 Å². The third kappa shape index (κ3) is 4.41. The molecule has 1 aliphatic carbocycles. The fourth-order valence-electron chi connectivity index (χ4n) is 6.90. The van der Waals surface area contributed by atoms with Crippen LogP contribution in [-0.4, -0.2) is 43.7 Å². The maximum absolute atomic E-state index is 13.8. The maximum atomic E-state index is 13.8. The van der Waals surface area contributed by atoms with Gasteiger partial charge in [-0.15, -0.1) is 0 Å². The molecule has 6 nitrogen and oxygen atoms in total. The molecule has 2 bridgehead atoms.